The Morgan fingerprint density at radius 2 is 1.10 bits per heavy atom. The summed E-state index contributed by atoms with van der Waals surface area (Å²) < 4.78 is 0.550. The summed E-state index contributed by atoms with van der Waals surface area (Å²) in [7, 11) is 5.66. The highest BCUT2D eigenvalue weighted by molar-refractivity contribution is 5.64. The fraction of sp³-hybridized carbons (Fsp3) is 0.960. The molecule has 1 atom stereocenters. The molecule has 0 aliphatic heterocycles. The number of rotatable bonds is 20. The Morgan fingerprint density at radius 3 is 1.37 bits per heavy atom. The van der Waals surface area contributed by atoms with Crippen molar-refractivity contribution in [2.24, 2.45) is 5.73 Å². The number of hydrogen-bond donors (Lipinski definition) is 2. The number of carbonyl (C=O) groups excluding carboxylic acids is 1. The maximum absolute atomic E-state index is 10.0. The lowest BCUT2D eigenvalue weighted by Gasteiger charge is -2.26. The van der Waals surface area contributed by atoms with E-state index in [2.05, 4.69) is 6.92 Å². The smallest absolute Gasteiger partial charge is 0.108 e. The van der Waals surface area contributed by atoms with Gasteiger partial charge in [-0.05, 0) is 13.0 Å². The van der Waals surface area contributed by atoms with Crippen LogP contribution in [0.1, 0.15) is 116 Å². The number of aliphatic hydroxyl groups excluding tert-OH is 1. The second-order valence-electron chi connectivity index (χ2n) is 9.79. The third-order valence-electron chi connectivity index (χ3n) is 5.22. The molecule has 182 valence electrons. The summed E-state index contributed by atoms with van der Waals surface area (Å²) in [5.74, 6) is -1.20. The summed E-state index contributed by atoms with van der Waals surface area (Å²) >= 11 is 0. The Kier molecular flexibility index (Phi) is 24.2. The normalized spacial score (nSPS) is 12.3. The van der Waals surface area contributed by atoms with Crippen LogP contribution in [0.4, 0.5) is 0 Å². The molecule has 0 aromatic carbocycles. The van der Waals surface area contributed by atoms with Crippen molar-refractivity contribution in [2.75, 3.05) is 34.2 Å². The third kappa shape index (κ3) is 32.0. The predicted molar refractivity (Wildman–Crippen MR) is 127 cm³/mol. The summed E-state index contributed by atoms with van der Waals surface area (Å²) in [6.07, 6.45) is 21.8. The van der Waals surface area contributed by atoms with Crippen molar-refractivity contribution < 1.29 is 19.5 Å². The summed E-state index contributed by atoms with van der Waals surface area (Å²) in [6, 6.07) is 0. The van der Waals surface area contributed by atoms with Gasteiger partial charge in [0.1, 0.15) is 12.6 Å². The minimum atomic E-state index is -1.20. The van der Waals surface area contributed by atoms with Gasteiger partial charge in [0.05, 0.1) is 21.1 Å². The number of carboxylic acid groups (broad SMARTS) is 1. The quantitative estimate of drug-likeness (QED) is 0.221. The molecule has 3 N–H and O–H groups in total. The van der Waals surface area contributed by atoms with Gasteiger partial charge in [0.2, 0.25) is 0 Å². The molecule has 5 heteroatoms. The van der Waals surface area contributed by atoms with E-state index in [0.717, 1.165) is 6.54 Å². The van der Waals surface area contributed by atoms with Gasteiger partial charge in [-0.1, -0.05) is 103 Å². The number of quaternary nitrogens is 1. The van der Waals surface area contributed by atoms with Crippen molar-refractivity contribution in [3.63, 3.8) is 0 Å². The molecule has 1 unspecified atom stereocenters. The van der Waals surface area contributed by atoms with Crippen LogP contribution in [-0.4, -0.2) is 55.9 Å². The average Bonchev–Trinajstić information content (AvgIpc) is 2.63. The highest BCUT2D eigenvalue weighted by Gasteiger charge is 2.14. The first-order valence-electron chi connectivity index (χ1n) is 12.6. The molecule has 0 radical (unpaired) electrons. The first kappa shape index (κ1) is 31.5. The molecule has 0 rings (SSSR count). The molecule has 0 spiro atoms. The molecule has 0 fully saturated rings. The Labute approximate surface area is 188 Å². The number of hydrogen-bond acceptors (Lipinski definition) is 4. The van der Waals surface area contributed by atoms with Crippen LogP contribution in [0.2, 0.25) is 0 Å². The molecule has 0 amide bonds. The first-order chi connectivity index (χ1) is 14.2. The van der Waals surface area contributed by atoms with E-state index in [1.165, 1.54) is 103 Å². The summed E-state index contributed by atoms with van der Waals surface area (Å²) in [6.45, 7) is 3.59. The van der Waals surface area contributed by atoms with Crippen molar-refractivity contribution >= 4 is 5.97 Å². The zero-order chi connectivity index (χ0) is 23.1. The number of unbranched alkanes of at least 4 members (excludes halogenated alkanes) is 15. The summed E-state index contributed by atoms with van der Waals surface area (Å²) in [5.41, 5.74) is 5.48. The second kappa shape index (κ2) is 23.0. The zero-order valence-corrected chi connectivity index (χ0v) is 20.8. The van der Waals surface area contributed by atoms with Gasteiger partial charge in [-0.2, -0.15) is 0 Å². The van der Waals surface area contributed by atoms with Gasteiger partial charge < -0.3 is 25.2 Å². The lowest BCUT2D eigenvalue weighted by molar-refractivity contribution is -0.873. The van der Waals surface area contributed by atoms with Crippen LogP contribution in [0.3, 0.4) is 0 Å². The molecule has 0 aliphatic carbocycles. The molecule has 0 aliphatic rings. The lowest BCUT2D eigenvalue weighted by Crippen LogP contribution is -2.43. The van der Waals surface area contributed by atoms with Crippen LogP contribution < -0.4 is 10.8 Å². The van der Waals surface area contributed by atoms with Gasteiger partial charge in [-0.3, -0.25) is 0 Å². The Morgan fingerprint density at radius 1 is 0.767 bits per heavy atom. The standard InChI is InChI=1S/C18H39N.C7H15NO3/c1-2-3-4-5-6-7-8-9-10-11-12-13-14-15-16-17-18-19;1-8(2,3)5-6(9)4-7(10)11/h2-19H2,1H3;6,9H,4-5H2,1-3H3. The van der Waals surface area contributed by atoms with Crippen LogP contribution in [-0.2, 0) is 4.79 Å². The molecule has 0 saturated carbocycles. The Bertz CT molecular complexity index is 341. The van der Waals surface area contributed by atoms with Crippen LogP contribution in [0, 0.1) is 0 Å². The van der Waals surface area contributed by atoms with E-state index in [4.69, 9.17) is 10.8 Å². The Balaban J connectivity index is 0. The Hall–Kier alpha value is -0.650. The first-order valence-corrected chi connectivity index (χ1v) is 12.6. The van der Waals surface area contributed by atoms with E-state index < -0.39 is 12.1 Å². The molecular formula is C25H54N2O3. The van der Waals surface area contributed by atoms with Crippen molar-refractivity contribution in [1.82, 2.24) is 0 Å². The number of aliphatic hydroxyl groups is 1. The largest absolute Gasteiger partial charge is 0.550 e. The number of likely N-dealkylation sites (N-methyl/N-ethyl adjacent to an activating group) is 1. The van der Waals surface area contributed by atoms with E-state index in [9.17, 15) is 9.90 Å². The predicted octanol–water partition coefficient (Wildman–Crippen LogP) is 4.40. The molecule has 0 saturated heterocycles. The number of carbonyl (C=O) groups is 1. The van der Waals surface area contributed by atoms with Crippen molar-refractivity contribution in [1.29, 1.82) is 0 Å². The van der Waals surface area contributed by atoms with Gasteiger partial charge in [0.15, 0.2) is 0 Å². The van der Waals surface area contributed by atoms with Gasteiger partial charge in [0, 0.05) is 12.4 Å². The molecular weight excluding hydrogens is 376 g/mol. The van der Waals surface area contributed by atoms with Gasteiger partial charge >= 0.3 is 0 Å². The van der Waals surface area contributed by atoms with Gasteiger partial charge in [-0.15, -0.1) is 0 Å². The number of carboxylic acids is 1. The fourth-order valence-corrected chi connectivity index (χ4v) is 3.58. The van der Waals surface area contributed by atoms with Crippen LogP contribution in [0.15, 0.2) is 0 Å². The number of aliphatic carboxylic acids is 1. The third-order valence-corrected chi connectivity index (χ3v) is 5.22. The topological polar surface area (TPSA) is 86.4 Å². The van der Waals surface area contributed by atoms with Gasteiger partial charge in [-0.25, -0.2) is 0 Å². The molecule has 0 aromatic heterocycles. The number of nitrogens with zero attached hydrogens (tertiary/aromatic N) is 1. The summed E-state index contributed by atoms with van der Waals surface area (Å²) in [4.78, 5) is 10.0. The molecule has 30 heavy (non-hydrogen) atoms. The van der Waals surface area contributed by atoms with Crippen LogP contribution >= 0.6 is 0 Å². The van der Waals surface area contributed by atoms with E-state index >= 15 is 0 Å². The van der Waals surface area contributed by atoms with Crippen molar-refractivity contribution in [3.05, 3.63) is 0 Å². The molecule has 0 heterocycles. The van der Waals surface area contributed by atoms with Crippen LogP contribution in [0.25, 0.3) is 0 Å². The monoisotopic (exact) mass is 430 g/mol. The highest BCUT2D eigenvalue weighted by atomic mass is 16.4. The van der Waals surface area contributed by atoms with Crippen LogP contribution in [0.5, 0.6) is 0 Å². The van der Waals surface area contributed by atoms with E-state index in [-0.39, 0.29) is 6.42 Å². The summed E-state index contributed by atoms with van der Waals surface area (Å²) in [5, 5.41) is 19.1. The molecule has 0 aromatic rings. The second-order valence-corrected chi connectivity index (χ2v) is 9.79. The van der Waals surface area contributed by atoms with Gasteiger partial charge in [0.25, 0.3) is 0 Å². The molecule has 5 nitrogen and oxygen atoms in total. The maximum atomic E-state index is 10.0. The van der Waals surface area contributed by atoms with Crippen molar-refractivity contribution in [2.45, 2.75) is 122 Å². The van der Waals surface area contributed by atoms with Crippen molar-refractivity contribution in [3.8, 4) is 0 Å². The minimum Gasteiger partial charge on any atom is -0.550 e. The zero-order valence-electron chi connectivity index (χ0n) is 20.8. The SMILES string of the molecule is CCCCCCCCCCCCCCCCCCN.C[N+](C)(C)CC(O)CC(=O)[O-]. The lowest BCUT2D eigenvalue weighted by atomic mass is 10.0. The van der Waals surface area contributed by atoms with E-state index in [1.807, 2.05) is 21.1 Å². The average molecular weight is 431 g/mol. The highest BCUT2D eigenvalue weighted by Crippen LogP contribution is 2.13. The molecule has 0 bridgehead atoms. The number of nitrogens with two attached hydrogens (primary N) is 1. The maximum Gasteiger partial charge on any atom is 0.108 e. The fourth-order valence-electron chi connectivity index (χ4n) is 3.58. The minimum absolute atomic E-state index is 0.282. The van der Waals surface area contributed by atoms with E-state index in [1.54, 1.807) is 0 Å². The van der Waals surface area contributed by atoms with E-state index in [0.29, 0.717) is 11.0 Å².